The van der Waals surface area contributed by atoms with E-state index in [4.69, 9.17) is 19.7 Å². The van der Waals surface area contributed by atoms with Gasteiger partial charge < -0.3 is 29.9 Å². The number of aryl methyl sites for hydroxylation is 2. The first-order valence-electron chi connectivity index (χ1n) is 12.3. The molecule has 35 heavy (non-hydrogen) atoms. The number of phenolic OH excluding ortho intramolecular Hbond substituents is 2. The Balaban J connectivity index is 0.000000518. The lowest BCUT2D eigenvalue weighted by Crippen LogP contribution is -2.19. The summed E-state index contributed by atoms with van der Waals surface area (Å²) in [6.45, 7) is 18.9. The molecule has 0 aliphatic carbocycles. The highest BCUT2D eigenvalue weighted by Crippen LogP contribution is 2.40. The normalized spacial score (nSPS) is 11.8. The molecule has 0 unspecified atom stereocenters. The minimum absolute atomic E-state index is 0.0417. The zero-order valence-corrected chi connectivity index (χ0v) is 22.9. The highest BCUT2D eigenvalue weighted by Gasteiger charge is 2.27. The molecule has 0 saturated heterocycles. The fraction of sp³-hybridized carbons (Fsp3) is 0.586. The molecule has 2 aromatic rings. The number of aliphatic hydroxyl groups is 2. The summed E-state index contributed by atoms with van der Waals surface area (Å²) < 4.78 is 9.75. The van der Waals surface area contributed by atoms with Crippen LogP contribution in [0.3, 0.4) is 0 Å². The number of phenols is 2. The van der Waals surface area contributed by atoms with E-state index in [1.807, 2.05) is 12.1 Å². The van der Waals surface area contributed by atoms with Crippen LogP contribution in [0.5, 0.6) is 11.5 Å². The van der Waals surface area contributed by atoms with Crippen molar-refractivity contribution in [1.29, 1.82) is 0 Å². The highest BCUT2D eigenvalue weighted by atomic mass is 16.5. The van der Waals surface area contributed by atoms with Crippen molar-refractivity contribution in [2.75, 3.05) is 39.6 Å². The predicted molar refractivity (Wildman–Crippen MR) is 142 cm³/mol. The van der Waals surface area contributed by atoms with Crippen LogP contribution < -0.4 is 0 Å². The number of ether oxygens (including phenoxy) is 2. The summed E-state index contributed by atoms with van der Waals surface area (Å²) in [5.74, 6) is 0.604. The number of benzene rings is 2. The van der Waals surface area contributed by atoms with E-state index >= 15 is 0 Å². The standard InChI is InChI=1S/C23H32O2.C6H14O4/c1-14-9-11-18(24)16(20(14)22(3,4)5)13-17-19(25)12-10-15(2)21(17)23(6,7)8;7-1-3-9-5-6-10-4-2-8/h9-12,24-25H,13H2,1-8H3;7-8H,1-6H2. The van der Waals surface area contributed by atoms with E-state index in [0.717, 1.165) is 22.3 Å². The van der Waals surface area contributed by atoms with E-state index in [-0.39, 0.29) is 24.0 Å². The van der Waals surface area contributed by atoms with Gasteiger partial charge in [0, 0.05) is 17.5 Å². The Hall–Kier alpha value is -2.12. The van der Waals surface area contributed by atoms with Crippen molar-refractivity contribution in [3.8, 4) is 11.5 Å². The van der Waals surface area contributed by atoms with Crippen molar-refractivity contribution >= 4 is 0 Å². The summed E-state index contributed by atoms with van der Waals surface area (Å²) in [6, 6.07) is 7.48. The van der Waals surface area contributed by atoms with Crippen LogP contribution in [-0.4, -0.2) is 60.1 Å². The van der Waals surface area contributed by atoms with Crippen LogP contribution >= 0.6 is 0 Å². The molecule has 0 fully saturated rings. The van der Waals surface area contributed by atoms with Crippen LogP contribution in [0.4, 0.5) is 0 Å². The molecule has 0 radical (unpaired) electrons. The first-order valence-corrected chi connectivity index (χ1v) is 12.3. The summed E-state index contributed by atoms with van der Waals surface area (Å²) in [5.41, 5.74) is 6.33. The van der Waals surface area contributed by atoms with Gasteiger partial charge in [-0.1, -0.05) is 53.7 Å². The van der Waals surface area contributed by atoms with Gasteiger partial charge in [-0.2, -0.15) is 0 Å². The molecule has 0 aromatic heterocycles. The van der Waals surface area contributed by atoms with Gasteiger partial charge >= 0.3 is 0 Å². The molecule has 0 atom stereocenters. The van der Waals surface area contributed by atoms with Crippen LogP contribution in [0.1, 0.15) is 74.9 Å². The molecule has 198 valence electrons. The fourth-order valence-electron chi connectivity index (χ4n) is 4.58. The molecule has 2 aromatic carbocycles. The topological polar surface area (TPSA) is 99.4 Å². The Labute approximate surface area is 211 Å². The second-order valence-corrected chi connectivity index (χ2v) is 10.9. The lowest BCUT2D eigenvalue weighted by molar-refractivity contribution is 0.0222. The van der Waals surface area contributed by atoms with E-state index in [1.54, 1.807) is 12.1 Å². The largest absolute Gasteiger partial charge is 0.508 e. The van der Waals surface area contributed by atoms with E-state index in [9.17, 15) is 10.2 Å². The van der Waals surface area contributed by atoms with Gasteiger partial charge in [0.25, 0.3) is 0 Å². The van der Waals surface area contributed by atoms with Crippen molar-refractivity contribution in [2.24, 2.45) is 0 Å². The van der Waals surface area contributed by atoms with E-state index < -0.39 is 0 Å². The Bertz CT molecular complexity index is 847. The average Bonchev–Trinajstić information content (AvgIpc) is 2.74. The average molecular weight is 491 g/mol. The van der Waals surface area contributed by atoms with E-state index in [1.165, 1.54) is 11.1 Å². The molecule has 0 saturated carbocycles. The summed E-state index contributed by atoms with van der Waals surface area (Å²) in [7, 11) is 0. The van der Waals surface area contributed by atoms with Gasteiger partial charge in [-0.3, -0.25) is 0 Å². The minimum atomic E-state index is -0.0838. The van der Waals surface area contributed by atoms with Gasteiger partial charge in [0.1, 0.15) is 11.5 Å². The van der Waals surface area contributed by atoms with Crippen molar-refractivity contribution in [3.05, 3.63) is 57.6 Å². The molecular formula is C29H46O6. The Morgan fingerprint density at radius 1 is 0.600 bits per heavy atom. The quantitative estimate of drug-likeness (QED) is 0.373. The summed E-state index contributed by atoms with van der Waals surface area (Å²) in [4.78, 5) is 0. The summed E-state index contributed by atoms with van der Waals surface area (Å²) in [5, 5.41) is 37.8. The Morgan fingerprint density at radius 2 is 0.943 bits per heavy atom. The molecular weight excluding hydrogens is 444 g/mol. The predicted octanol–water partition coefficient (Wildman–Crippen LogP) is 4.90. The van der Waals surface area contributed by atoms with Crippen molar-refractivity contribution in [3.63, 3.8) is 0 Å². The SMILES string of the molecule is Cc1ccc(O)c(Cc2c(O)ccc(C)c2C(C)(C)C)c1C(C)(C)C.OCCOCCOCCO. The van der Waals surface area contributed by atoms with Crippen LogP contribution in [-0.2, 0) is 26.7 Å². The zero-order chi connectivity index (χ0) is 26.8. The van der Waals surface area contributed by atoms with Crippen molar-refractivity contribution in [1.82, 2.24) is 0 Å². The molecule has 0 aliphatic heterocycles. The highest BCUT2D eigenvalue weighted by molar-refractivity contribution is 5.55. The second kappa shape index (κ2) is 13.8. The lowest BCUT2D eigenvalue weighted by Gasteiger charge is -2.29. The van der Waals surface area contributed by atoms with Crippen LogP contribution in [0.15, 0.2) is 24.3 Å². The number of aliphatic hydroxyl groups excluding tert-OH is 2. The summed E-state index contributed by atoms with van der Waals surface area (Å²) in [6.07, 6.45) is 0.528. The number of hydrogen-bond donors (Lipinski definition) is 4. The van der Waals surface area contributed by atoms with Crippen LogP contribution in [0.2, 0.25) is 0 Å². The fourth-order valence-corrected chi connectivity index (χ4v) is 4.58. The monoisotopic (exact) mass is 490 g/mol. The van der Waals surface area contributed by atoms with Gasteiger partial charge in [0.05, 0.1) is 39.6 Å². The molecule has 6 nitrogen and oxygen atoms in total. The summed E-state index contributed by atoms with van der Waals surface area (Å²) >= 11 is 0. The van der Waals surface area contributed by atoms with Gasteiger partial charge in [0.15, 0.2) is 0 Å². The van der Waals surface area contributed by atoms with Gasteiger partial charge in [-0.05, 0) is 59.1 Å². The lowest BCUT2D eigenvalue weighted by atomic mass is 9.76. The first kappa shape index (κ1) is 30.9. The molecule has 0 aliphatic rings. The van der Waals surface area contributed by atoms with Crippen LogP contribution in [0.25, 0.3) is 0 Å². The maximum Gasteiger partial charge on any atom is 0.119 e. The third kappa shape index (κ3) is 9.45. The zero-order valence-electron chi connectivity index (χ0n) is 22.9. The molecule has 0 bridgehead atoms. The van der Waals surface area contributed by atoms with E-state index in [2.05, 4.69) is 55.4 Å². The van der Waals surface area contributed by atoms with E-state index in [0.29, 0.717) is 44.3 Å². The van der Waals surface area contributed by atoms with Crippen molar-refractivity contribution in [2.45, 2.75) is 72.6 Å². The molecule has 6 heteroatoms. The Morgan fingerprint density at radius 3 is 1.23 bits per heavy atom. The van der Waals surface area contributed by atoms with Crippen molar-refractivity contribution < 1.29 is 29.9 Å². The minimum Gasteiger partial charge on any atom is -0.508 e. The second-order valence-electron chi connectivity index (χ2n) is 10.9. The van der Waals surface area contributed by atoms with Gasteiger partial charge in [-0.15, -0.1) is 0 Å². The molecule has 0 amide bonds. The number of aromatic hydroxyl groups is 2. The van der Waals surface area contributed by atoms with Gasteiger partial charge in [-0.25, -0.2) is 0 Å². The smallest absolute Gasteiger partial charge is 0.119 e. The number of hydrogen-bond acceptors (Lipinski definition) is 6. The molecule has 0 heterocycles. The van der Waals surface area contributed by atoms with Crippen LogP contribution in [0, 0.1) is 13.8 Å². The molecule has 0 spiro atoms. The van der Waals surface area contributed by atoms with Gasteiger partial charge in [0.2, 0.25) is 0 Å². The first-order chi connectivity index (χ1) is 16.3. The third-order valence-corrected chi connectivity index (χ3v) is 5.69. The Kier molecular flexibility index (Phi) is 12.2. The maximum atomic E-state index is 10.6. The molecule has 4 N–H and O–H groups in total. The molecule has 2 rings (SSSR count). The number of rotatable bonds is 9. The third-order valence-electron chi connectivity index (χ3n) is 5.69. The maximum absolute atomic E-state index is 10.6.